The van der Waals surface area contributed by atoms with Gasteiger partial charge in [0.2, 0.25) is 17.6 Å². The average molecular weight is 392 g/mol. The highest BCUT2D eigenvalue weighted by Crippen LogP contribution is 2.28. The van der Waals surface area contributed by atoms with Crippen LogP contribution in [0.25, 0.3) is 11.5 Å². The van der Waals surface area contributed by atoms with Gasteiger partial charge in [-0.25, -0.2) is 0 Å². The lowest BCUT2D eigenvalue weighted by molar-refractivity contribution is -0.131. The topological polar surface area (TPSA) is 114 Å². The van der Waals surface area contributed by atoms with E-state index in [0.717, 1.165) is 12.8 Å². The van der Waals surface area contributed by atoms with Crippen LogP contribution in [0.1, 0.15) is 35.0 Å². The molecule has 4 rings (SSSR count). The fourth-order valence-electron chi connectivity index (χ4n) is 3.24. The average Bonchev–Trinajstić information content (AvgIpc) is 3.29. The van der Waals surface area contributed by atoms with E-state index in [9.17, 15) is 9.59 Å². The van der Waals surface area contributed by atoms with E-state index >= 15 is 0 Å². The minimum Gasteiger partial charge on any atom is -0.343 e. The van der Waals surface area contributed by atoms with Crippen LogP contribution >= 0.6 is 0 Å². The number of nitrogens with one attached hydrogen (secondary N) is 1. The molecule has 4 heterocycles. The molecule has 3 aromatic rings. The van der Waals surface area contributed by atoms with Gasteiger partial charge in [-0.05, 0) is 37.1 Å². The molecule has 0 atom stereocenters. The van der Waals surface area contributed by atoms with E-state index in [1.165, 1.54) is 6.20 Å². The number of hydrogen-bond acceptors (Lipinski definition) is 7. The molecule has 1 saturated heterocycles. The van der Waals surface area contributed by atoms with Crippen molar-refractivity contribution >= 4 is 11.8 Å². The van der Waals surface area contributed by atoms with E-state index in [2.05, 4.69) is 25.4 Å². The summed E-state index contributed by atoms with van der Waals surface area (Å²) in [5.74, 6) is 0.725. The maximum atomic E-state index is 12.4. The number of piperidine rings is 1. The highest BCUT2D eigenvalue weighted by Gasteiger charge is 2.28. The molecule has 0 spiro atoms. The zero-order chi connectivity index (χ0) is 20.1. The molecule has 0 aliphatic carbocycles. The quantitative estimate of drug-likeness (QED) is 0.702. The molecule has 1 N–H and O–H groups in total. The fourth-order valence-corrected chi connectivity index (χ4v) is 3.24. The third-order valence-electron chi connectivity index (χ3n) is 4.86. The van der Waals surface area contributed by atoms with Gasteiger partial charge in [0.05, 0.1) is 12.1 Å². The number of nitrogens with zero attached hydrogens (tertiary/aromatic N) is 5. The van der Waals surface area contributed by atoms with Gasteiger partial charge in [0.25, 0.3) is 5.91 Å². The summed E-state index contributed by atoms with van der Waals surface area (Å²) in [6.07, 6.45) is 6.20. The van der Waals surface area contributed by atoms with Crippen molar-refractivity contribution in [3.05, 3.63) is 60.4 Å². The summed E-state index contributed by atoms with van der Waals surface area (Å²) in [6, 6.07) is 8.86. The molecule has 9 heteroatoms. The first-order chi connectivity index (χ1) is 14.2. The maximum Gasteiger partial charge on any atom is 0.253 e. The molecule has 1 aliphatic rings. The molecule has 0 bridgehead atoms. The van der Waals surface area contributed by atoms with Crippen LogP contribution in [0.4, 0.5) is 0 Å². The summed E-state index contributed by atoms with van der Waals surface area (Å²) in [7, 11) is 0. The monoisotopic (exact) mass is 392 g/mol. The third-order valence-corrected chi connectivity index (χ3v) is 4.86. The van der Waals surface area contributed by atoms with Gasteiger partial charge in [-0.15, -0.1) is 0 Å². The Labute approximate surface area is 167 Å². The molecule has 0 radical (unpaired) electrons. The van der Waals surface area contributed by atoms with Crippen molar-refractivity contribution in [3.8, 4) is 11.5 Å². The second-order valence-corrected chi connectivity index (χ2v) is 6.75. The number of carbonyl (C=O) groups excluding carboxylic acids is 2. The molecular formula is C20H20N6O3. The Morgan fingerprint density at radius 3 is 2.72 bits per heavy atom. The number of aromatic nitrogens is 4. The number of likely N-dealkylation sites (tertiary alicyclic amines) is 1. The van der Waals surface area contributed by atoms with E-state index < -0.39 is 0 Å². The molecule has 1 fully saturated rings. The molecule has 1 aliphatic heterocycles. The molecule has 0 saturated carbocycles. The van der Waals surface area contributed by atoms with Crippen molar-refractivity contribution in [2.24, 2.45) is 0 Å². The lowest BCUT2D eigenvalue weighted by atomic mass is 9.96. The zero-order valence-corrected chi connectivity index (χ0v) is 15.7. The molecule has 3 aromatic heterocycles. The highest BCUT2D eigenvalue weighted by molar-refractivity contribution is 5.96. The van der Waals surface area contributed by atoms with E-state index in [-0.39, 0.29) is 24.3 Å². The fraction of sp³-hybridized carbons (Fsp3) is 0.300. The van der Waals surface area contributed by atoms with Gasteiger partial charge >= 0.3 is 0 Å². The Balaban J connectivity index is 1.28. The minimum absolute atomic E-state index is 0.0389. The number of rotatable bonds is 5. The SMILES string of the molecule is O=C(NCC(=O)N1CCC(c2nc(-c3ccccn3)no2)CC1)c1cccnc1. The van der Waals surface area contributed by atoms with E-state index in [0.29, 0.717) is 36.1 Å². The van der Waals surface area contributed by atoms with Gasteiger partial charge in [0.15, 0.2) is 0 Å². The molecule has 2 amide bonds. The smallest absolute Gasteiger partial charge is 0.253 e. The van der Waals surface area contributed by atoms with Gasteiger partial charge in [-0.2, -0.15) is 4.98 Å². The van der Waals surface area contributed by atoms with E-state index in [4.69, 9.17) is 4.52 Å². The molecule has 9 nitrogen and oxygen atoms in total. The van der Waals surface area contributed by atoms with Crippen molar-refractivity contribution < 1.29 is 14.1 Å². The first kappa shape index (κ1) is 18.7. The van der Waals surface area contributed by atoms with Crippen molar-refractivity contribution in [1.82, 2.24) is 30.3 Å². The standard InChI is InChI=1S/C20H20N6O3/c27-17(13-23-19(28)15-4-3-8-21-12-15)26-10-6-14(7-11-26)20-24-18(25-29-20)16-5-1-2-9-22-16/h1-5,8-9,12,14H,6-7,10-11,13H2,(H,23,28). The van der Waals surface area contributed by atoms with Gasteiger partial charge < -0.3 is 14.7 Å². The Hall–Kier alpha value is -3.62. The Morgan fingerprint density at radius 2 is 2.00 bits per heavy atom. The third kappa shape index (κ3) is 4.45. The summed E-state index contributed by atoms with van der Waals surface area (Å²) in [4.78, 5) is 38.8. The van der Waals surface area contributed by atoms with E-state index in [1.54, 1.807) is 29.4 Å². The number of hydrogen-bond donors (Lipinski definition) is 1. The first-order valence-corrected chi connectivity index (χ1v) is 9.42. The Bertz CT molecular complexity index is 968. The zero-order valence-electron chi connectivity index (χ0n) is 15.7. The minimum atomic E-state index is -0.311. The van der Waals surface area contributed by atoms with Crippen LogP contribution < -0.4 is 5.32 Å². The summed E-state index contributed by atoms with van der Waals surface area (Å²) < 4.78 is 5.41. The molecule has 0 unspecified atom stereocenters. The van der Waals surface area contributed by atoms with Crippen LogP contribution in [0.5, 0.6) is 0 Å². The van der Waals surface area contributed by atoms with Crippen LogP contribution in [-0.4, -0.2) is 56.5 Å². The molecule has 29 heavy (non-hydrogen) atoms. The number of amides is 2. The van der Waals surface area contributed by atoms with Crippen LogP contribution in [0.2, 0.25) is 0 Å². The molecule has 0 aromatic carbocycles. The maximum absolute atomic E-state index is 12.4. The van der Waals surface area contributed by atoms with Crippen molar-refractivity contribution in [1.29, 1.82) is 0 Å². The normalized spacial score (nSPS) is 14.6. The van der Waals surface area contributed by atoms with Crippen molar-refractivity contribution in [2.75, 3.05) is 19.6 Å². The number of pyridine rings is 2. The second kappa shape index (κ2) is 8.59. The summed E-state index contributed by atoms with van der Waals surface area (Å²) >= 11 is 0. The Morgan fingerprint density at radius 1 is 1.14 bits per heavy atom. The summed E-state index contributed by atoms with van der Waals surface area (Å²) in [6.45, 7) is 1.11. The lowest BCUT2D eigenvalue weighted by Crippen LogP contribution is -2.43. The molecular weight excluding hydrogens is 372 g/mol. The first-order valence-electron chi connectivity index (χ1n) is 9.42. The summed E-state index contributed by atoms with van der Waals surface area (Å²) in [5.41, 5.74) is 1.10. The lowest BCUT2D eigenvalue weighted by Gasteiger charge is -2.30. The largest absolute Gasteiger partial charge is 0.343 e. The predicted molar refractivity (Wildman–Crippen MR) is 103 cm³/mol. The van der Waals surface area contributed by atoms with Gasteiger partial charge in [-0.1, -0.05) is 11.2 Å². The van der Waals surface area contributed by atoms with Crippen molar-refractivity contribution in [2.45, 2.75) is 18.8 Å². The van der Waals surface area contributed by atoms with E-state index in [1.807, 2.05) is 18.2 Å². The van der Waals surface area contributed by atoms with Crippen LogP contribution in [-0.2, 0) is 4.79 Å². The van der Waals surface area contributed by atoms with Crippen LogP contribution in [0.15, 0.2) is 53.4 Å². The van der Waals surface area contributed by atoms with Crippen LogP contribution in [0.3, 0.4) is 0 Å². The van der Waals surface area contributed by atoms with Gasteiger partial charge in [-0.3, -0.25) is 19.6 Å². The highest BCUT2D eigenvalue weighted by atomic mass is 16.5. The predicted octanol–water partition coefficient (Wildman–Crippen LogP) is 1.66. The number of carbonyl (C=O) groups is 2. The molecule has 148 valence electrons. The van der Waals surface area contributed by atoms with Crippen molar-refractivity contribution in [3.63, 3.8) is 0 Å². The second-order valence-electron chi connectivity index (χ2n) is 6.75. The van der Waals surface area contributed by atoms with Gasteiger partial charge in [0.1, 0.15) is 5.69 Å². The summed E-state index contributed by atoms with van der Waals surface area (Å²) in [5, 5.41) is 6.65. The van der Waals surface area contributed by atoms with Crippen LogP contribution in [0, 0.1) is 0 Å². The Kier molecular flexibility index (Phi) is 5.55. The van der Waals surface area contributed by atoms with Gasteiger partial charge in [0, 0.05) is 37.6 Å².